The average molecular weight is 189 g/mol. The van der Waals surface area contributed by atoms with Crippen LogP contribution in [0.1, 0.15) is 5.56 Å². The van der Waals surface area contributed by atoms with Crippen molar-refractivity contribution in [1.82, 2.24) is 0 Å². The molecule has 0 unspecified atom stereocenters. The molecule has 2 N–H and O–H groups in total. The molecule has 0 aliphatic carbocycles. The van der Waals surface area contributed by atoms with Gasteiger partial charge in [0.2, 0.25) is 0 Å². The number of nitro benzene ring substituents is 1. The topological polar surface area (TPSA) is 93.0 Å². The fourth-order valence-corrected chi connectivity index (χ4v) is 0.987. The summed E-state index contributed by atoms with van der Waals surface area (Å²) in [4.78, 5) is 10.0. The van der Waals surface area contributed by atoms with Gasteiger partial charge in [-0.1, -0.05) is 0 Å². The van der Waals surface area contributed by atoms with Gasteiger partial charge in [-0.15, -0.1) is 0 Å². The summed E-state index contributed by atoms with van der Waals surface area (Å²) in [6, 6.07) is 6.07. The van der Waals surface area contributed by atoms with Crippen LogP contribution < -0.4 is 5.73 Å². The van der Waals surface area contributed by atoms with Crippen molar-refractivity contribution in [2.75, 3.05) is 5.73 Å². The van der Waals surface area contributed by atoms with Crippen molar-refractivity contribution in [3.05, 3.63) is 40.0 Å². The van der Waals surface area contributed by atoms with E-state index in [0.717, 1.165) is 0 Å². The molecule has 0 aromatic heterocycles. The molecule has 0 saturated carbocycles. The molecule has 0 bridgehead atoms. The van der Waals surface area contributed by atoms with E-state index < -0.39 is 4.92 Å². The van der Waals surface area contributed by atoms with Crippen molar-refractivity contribution in [3.8, 4) is 6.07 Å². The summed E-state index contributed by atoms with van der Waals surface area (Å²) in [7, 11) is 0. The van der Waals surface area contributed by atoms with Gasteiger partial charge in [-0.25, -0.2) is 0 Å². The van der Waals surface area contributed by atoms with Gasteiger partial charge in [0.1, 0.15) is 0 Å². The maximum Gasteiger partial charge on any atom is 0.278 e. The number of hydrogen-bond donors (Lipinski definition) is 1. The van der Waals surface area contributed by atoms with E-state index >= 15 is 0 Å². The van der Waals surface area contributed by atoms with Gasteiger partial charge >= 0.3 is 0 Å². The largest absolute Gasteiger partial charge is 0.399 e. The minimum absolute atomic E-state index is 0.100. The lowest BCUT2D eigenvalue weighted by Gasteiger charge is -1.97. The summed E-state index contributed by atoms with van der Waals surface area (Å²) >= 11 is 0. The van der Waals surface area contributed by atoms with E-state index in [0.29, 0.717) is 11.3 Å². The molecular formula is C9H7N3O2. The minimum atomic E-state index is -0.534. The molecule has 0 atom stereocenters. The fraction of sp³-hybridized carbons (Fsp3) is 0. The average Bonchev–Trinajstić information content (AvgIpc) is 2.15. The number of benzene rings is 1. The van der Waals surface area contributed by atoms with E-state index in [1.165, 1.54) is 24.3 Å². The number of nitriles is 1. The Kier molecular flexibility index (Phi) is 2.82. The lowest BCUT2D eigenvalue weighted by atomic mass is 10.1. The highest BCUT2D eigenvalue weighted by molar-refractivity contribution is 5.66. The van der Waals surface area contributed by atoms with Crippen molar-refractivity contribution < 1.29 is 4.92 Å². The number of nitro groups is 1. The van der Waals surface area contributed by atoms with E-state index in [1.54, 1.807) is 12.1 Å². The quantitative estimate of drug-likeness (QED) is 0.331. The zero-order valence-electron chi connectivity index (χ0n) is 7.18. The molecule has 0 fully saturated rings. The first kappa shape index (κ1) is 9.74. The third-order valence-corrected chi connectivity index (χ3v) is 1.59. The van der Waals surface area contributed by atoms with Crippen LogP contribution >= 0.6 is 0 Å². The Bertz CT molecular complexity index is 432. The van der Waals surface area contributed by atoms with Crippen molar-refractivity contribution in [2.45, 2.75) is 0 Å². The Morgan fingerprint density at radius 2 is 2.29 bits per heavy atom. The van der Waals surface area contributed by atoms with Crippen molar-refractivity contribution in [3.63, 3.8) is 0 Å². The van der Waals surface area contributed by atoms with Crippen molar-refractivity contribution >= 4 is 17.5 Å². The molecule has 5 heteroatoms. The molecule has 0 aliphatic heterocycles. The Labute approximate surface area is 80.2 Å². The molecular weight excluding hydrogens is 182 g/mol. The highest BCUT2D eigenvalue weighted by Gasteiger charge is 2.10. The first-order chi connectivity index (χ1) is 6.65. The van der Waals surface area contributed by atoms with Crippen LogP contribution in [0.25, 0.3) is 6.08 Å². The standard InChI is InChI=1S/C9H7N3O2/c10-5-1-2-7-3-4-8(11)6-9(7)12(13)14/h1-4,6H,11H2. The van der Waals surface area contributed by atoms with Crippen LogP contribution in [0.3, 0.4) is 0 Å². The van der Waals surface area contributed by atoms with Crippen LogP contribution in [0.2, 0.25) is 0 Å². The molecule has 5 nitrogen and oxygen atoms in total. The number of nitrogen functional groups attached to an aromatic ring is 1. The molecule has 1 aromatic carbocycles. The zero-order valence-corrected chi connectivity index (χ0v) is 7.18. The SMILES string of the molecule is N#CC=Cc1ccc(N)cc1[N+](=O)[O-]. The van der Waals surface area contributed by atoms with E-state index in [1.807, 2.05) is 0 Å². The Morgan fingerprint density at radius 1 is 1.57 bits per heavy atom. The van der Waals surface area contributed by atoms with Crippen LogP contribution in [-0.4, -0.2) is 4.92 Å². The van der Waals surface area contributed by atoms with Gasteiger partial charge in [-0.05, 0) is 18.2 Å². The van der Waals surface area contributed by atoms with Gasteiger partial charge in [0, 0.05) is 17.8 Å². The second-order valence-corrected chi connectivity index (χ2v) is 2.54. The monoisotopic (exact) mass is 189 g/mol. The predicted molar refractivity (Wildman–Crippen MR) is 52.2 cm³/mol. The summed E-state index contributed by atoms with van der Waals surface area (Å²) in [6.45, 7) is 0. The lowest BCUT2D eigenvalue weighted by molar-refractivity contribution is -0.385. The van der Waals surface area contributed by atoms with Crippen molar-refractivity contribution in [2.24, 2.45) is 0 Å². The minimum Gasteiger partial charge on any atom is -0.399 e. The Morgan fingerprint density at radius 3 is 2.86 bits per heavy atom. The van der Waals surface area contributed by atoms with Crippen molar-refractivity contribution in [1.29, 1.82) is 5.26 Å². The van der Waals surface area contributed by atoms with Gasteiger partial charge in [0.05, 0.1) is 16.6 Å². The molecule has 1 aromatic rings. The molecule has 0 radical (unpaired) electrons. The van der Waals surface area contributed by atoms with E-state index in [-0.39, 0.29) is 5.69 Å². The Hall–Kier alpha value is -2.35. The van der Waals surface area contributed by atoms with E-state index in [9.17, 15) is 10.1 Å². The Balaban J connectivity index is 3.23. The smallest absolute Gasteiger partial charge is 0.278 e. The summed E-state index contributed by atoms with van der Waals surface area (Å²) < 4.78 is 0. The third-order valence-electron chi connectivity index (χ3n) is 1.59. The number of nitrogens with zero attached hydrogens (tertiary/aromatic N) is 2. The first-order valence-electron chi connectivity index (χ1n) is 3.75. The van der Waals surface area contributed by atoms with Gasteiger partial charge in [-0.2, -0.15) is 5.26 Å². The van der Waals surface area contributed by atoms with Gasteiger partial charge in [0.15, 0.2) is 0 Å². The summed E-state index contributed by atoms with van der Waals surface area (Å²) in [5.41, 5.74) is 5.99. The van der Waals surface area contributed by atoms with Crippen LogP contribution in [0.15, 0.2) is 24.3 Å². The number of rotatable bonds is 2. The molecule has 70 valence electrons. The zero-order chi connectivity index (χ0) is 10.6. The van der Waals surface area contributed by atoms with Crippen LogP contribution in [-0.2, 0) is 0 Å². The molecule has 14 heavy (non-hydrogen) atoms. The number of anilines is 1. The maximum atomic E-state index is 10.6. The second-order valence-electron chi connectivity index (χ2n) is 2.54. The molecule has 0 aliphatic rings. The normalized spacial score (nSPS) is 9.93. The van der Waals surface area contributed by atoms with Crippen LogP contribution in [0, 0.1) is 21.4 Å². The molecule has 0 saturated heterocycles. The fourth-order valence-electron chi connectivity index (χ4n) is 0.987. The highest BCUT2D eigenvalue weighted by Crippen LogP contribution is 2.22. The van der Waals surface area contributed by atoms with E-state index in [4.69, 9.17) is 11.0 Å². The lowest BCUT2D eigenvalue weighted by Crippen LogP contribution is -1.93. The number of allylic oxidation sites excluding steroid dienone is 1. The molecule has 0 heterocycles. The van der Waals surface area contributed by atoms with Gasteiger partial charge in [-0.3, -0.25) is 10.1 Å². The first-order valence-corrected chi connectivity index (χ1v) is 3.75. The third kappa shape index (κ3) is 2.08. The summed E-state index contributed by atoms with van der Waals surface area (Å²) in [6.07, 6.45) is 2.55. The maximum absolute atomic E-state index is 10.6. The summed E-state index contributed by atoms with van der Waals surface area (Å²) in [5, 5.41) is 18.9. The summed E-state index contributed by atoms with van der Waals surface area (Å²) in [5.74, 6) is 0. The van der Waals surface area contributed by atoms with Crippen LogP contribution in [0.4, 0.5) is 11.4 Å². The second kappa shape index (κ2) is 4.05. The van der Waals surface area contributed by atoms with Crippen LogP contribution in [0.5, 0.6) is 0 Å². The van der Waals surface area contributed by atoms with Gasteiger partial charge < -0.3 is 5.73 Å². The highest BCUT2D eigenvalue weighted by atomic mass is 16.6. The number of nitrogens with two attached hydrogens (primary N) is 1. The molecule has 0 spiro atoms. The predicted octanol–water partition coefficient (Wildman–Crippen LogP) is 1.71. The molecule has 1 rings (SSSR count). The van der Waals surface area contributed by atoms with Gasteiger partial charge in [0.25, 0.3) is 5.69 Å². The van der Waals surface area contributed by atoms with E-state index in [2.05, 4.69) is 0 Å². The molecule has 0 amide bonds. The number of hydrogen-bond acceptors (Lipinski definition) is 4.